The number of aliphatic hydroxyl groups is 1. The molecule has 2 saturated heterocycles. The Hall–Kier alpha value is -0.660. The lowest BCUT2D eigenvalue weighted by molar-refractivity contribution is 0.113. The molecule has 6 nitrogen and oxygen atoms in total. The van der Waals surface area contributed by atoms with Crippen LogP contribution in [0.15, 0.2) is 11.8 Å². The zero-order valence-electron chi connectivity index (χ0n) is 13.6. The first-order valence-corrected chi connectivity index (χ1v) is 8.01. The summed E-state index contributed by atoms with van der Waals surface area (Å²) in [4.78, 5) is 9.49. The van der Waals surface area contributed by atoms with Crippen molar-refractivity contribution >= 4 is 0 Å². The second-order valence-electron chi connectivity index (χ2n) is 6.33. The number of nitrogens with one attached hydrogen (secondary N) is 1. The Bertz CT molecular complexity index is 316. The summed E-state index contributed by atoms with van der Waals surface area (Å²) >= 11 is 0. The first-order valence-electron chi connectivity index (χ1n) is 8.01. The minimum atomic E-state index is 0.276. The SMILES string of the molecule is CN1CC(=CNCCN2CCN(CCO)CC2)CN(C)C1. The van der Waals surface area contributed by atoms with Gasteiger partial charge in [-0.05, 0) is 25.9 Å². The molecule has 2 heterocycles. The standard InChI is InChI=1S/C15H31N5O/c1-17-12-15(13-18(2)14-17)11-16-3-4-19-5-7-20(8-6-19)9-10-21/h11,16,21H,3-10,12-14H2,1-2H3. The zero-order valence-corrected chi connectivity index (χ0v) is 13.6. The maximum absolute atomic E-state index is 8.94. The third-order valence-corrected chi connectivity index (χ3v) is 4.19. The summed E-state index contributed by atoms with van der Waals surface area (Å²) in [6, 6.07) is 0. The third-order valence-electron chi connectivity index (χ3n) is 4.19. The number of piperazine rings is 1. The van der Waals surface area contributed by atoms with Crippen molar-refractivity contribution < 1.29 is 5.11 Å². The Morgan fingerprint density at radius 1 is 1.00 bits per heavy atom. The molecule has 6 heteroatoms. The van der Waals surface area contributed by atoms with Gasteiger partial charge in [0.25, 0.3) is 0 Å². The molecule has 2 aliphatic rings. The number of likely N-dealkylation sites (N-methyl/N-ethyl adjacent to an activating group) is 2. The molecule has 2 aliphatic heterocycles. The van der Waals surface area contributed by atoms with Crippen molar-refractivity contribution in [1.82, 2.24) is 24.9 Å². The van der Waals surface area contributed by atoms with E-state index in [4.69, 9.17) is 5.11 Å². The topological polar surface area (TPSA) is 45.2 Å². The molecule has 2 fully saturated rings. The first kappa shape index (κ1) is 16.7. The predicted octanol–water partition coefficient (Wildman–Crippen LogP) is -1.10. The summed E-state index contributed by atoms with van der Waals surface area (Å²) < 4.78 is 0. The van der Waals surface area contributed by atoms with Crippen LogP contribution in [0, 0.1) is 0 Å². The number of hydrogen-bond acceptors (Lipinski definition) is 6. The molecule has 0 amide bonds. The quantitative estimate of drug-likeness (QED) is 0.607. The number of hydrogen-bond donors (Lipinski definition) is 2. The highest BCUT2D eigenvalue weighted by Crippen LogP contribution is 2.06. The van der Waals surface area contributed by atoms with E-state index in [0.29, 0.717) is 0 Å². The molecule has 0 bridgehead atoms. The molecule has 0 spiro atoms. The fourth-order valence-electron chi connectivity index (χ4n) is 3.16. The summed E-state index contributed by atoms with van der Waals surface area (Å²) in [5.74, 6) is 0. The van der Waals surface area contributed by atoms with Crippen molar-refractivity contribution in [3.8, 4) is 0 Å². The smallest absolute Gasteiger partial charge is 0.0558 e. The van der Waals surface area contributed by atoms with E-state index in [1.54, 1.807) is 0 Å². The van der Waals surface area contributed by atoms with Gasteiger partial charge in [-0.3, -0.25) is 19.6 Å². The second-order valence-corrected chi connectivity index (χ2v) is 6.33. The van der Waals surface area contributed by atoms with Gasteiger partial charge in [0.1, 0.15) is 0 Å². The van der Waals surface area contributed by atoms with E-state index in [9.17, 15) is 0 Å². The summed E-state index contributed by atoms with van der Waals surface area (Å²) in [5.41, 5.74) is 1.46. The number of β-amino-alcohol motifs (C(OH)–C–C–N with tert-alkyl or cyclic N) is 1. The zero-order chi connectivity index (χ0) is 15.1. The molecule has 0 aromatic rings. The maximum atomic E-state index is 8.94. The maximum Gasteiger partial charge on any atom is 0.0558 e. The largest absolute Gasteiger partial charge is 0.395 e. The molecule has 2 rings (SSSR count). The molecular weight excluding hydrogens is 266 g/mol. The Balaban J connectivity index is 1.59. The van der Waals surface area contributed by atoms with Crippen LogP contribution in [0.1, 0.15) is 0 Å². The lowest BCUT2D eigenvalue weighted by Crippen LogP contribution is -2.48. The van der Waals surface area contributed by atoms with E-state index >= 15 is 0 Å². The van der Waals surface area contributed by atoms with E-state index < -0.39 is 0 Å². The van der Waals surface area contributed by atoms with Crippen LogP contribution in [0.25, 0.3) is 0 Å². The van der Waals surface area contributed by atoms with Crippen molar-refractivity contribution in [2.75, 3.05) is 86.3 Å². The Kier molecular flexibility index (Phi) is 6.92. The van der Waals surface area contributed by atoms with Crippen LogP contribution >= 0.6 is 0 Å². The Morgan fingerprint density at radius 2 is 1.57 bits per heavy atom. The van der Waals surface area contributed by atoms with Gasteiger partial charge in [0.2, 0.25) is 0 Å². The van der Waals surface area contributed by atoms with Crippen LogP contribution in [-0.2, 0) is 0 Å². The monoisotopic (exact) mass is 297 g/mol. The van der Waals surface area contributed by atoms with E-state index in [1.165, 1.54) is 5.57 Å². The highest BCUT2D eigenvalue weighted by atomic mass is 16.3. The molecule has 0 unspecified atom stereocenters. The van der Waals surface area contributed by atoms with Crippen LogP contribution in [0.2, 0.25) is 0 Å². The van der Waals surface area contributed by atoms with E-state index in [-0.39, 0.29) is 6.61 Å². The Morgan fingerprint density at radius 3 is 2.14 bits per heavy atom. The number of rotatable bonds is 6. The summed E-state index contributed by atoms with van der Waals surface area (Å²) in [5, 5.41) is 12.4. The summed E-state index contributed by atoms with van der Waals surface area (Å²) in [7, 11) is 4.32. The first-order chi connectivity index (χ1) is 10.2. The number of nitrogens with zero attached hydrogens (tertiary/aromatic N) is 4. The van der Waals surface area contributed by atoms with Gasteiger partial charge in [-0.1, -0.05) is 0 Å². The van der Waals surface area contributed by atoms with Crippen LogP contribution in [0.5, 0.6) is 0 Å². The lowest BCUT2D eigenvalue weighted by Gasteiger charge is -2.34. The van der Waals surface area contributed by atoms with Crippen LogP contribution < -0.4 is 5.32 Å². The Labute approximate surface area is 129 Å². The minimum absolute atomic E-state index is 0.276. The van der Waals surface area contributed by atoms with Gasteiger partial charge in [-0.2, -0.15) is 0 Å². The fourth-order valence-corrected chi connectivity index (χ4v) is 3.16. The van der Waals surface area contributed by atoms with E-state index in [1.807, 2.05) is 0 Å². The van der Waals surface area contributed by atoms with Crippen molar-refractivity contribution in [1.29, 1.82) is 0 Å². The van der Waals surface area contributed by atoms with Crippen molar-refractivity contribution in [2.24, 2.45) is 0 Å². The third kappa shape index (κ3) is 5.92. The number of aliphatic hydroxyl groups excluding tert-OH is 1. The highest BCUT2D eigenvalue weighted by Gasteiger charge is 2.16. The molecule has 0 aromatic carbocycles. The predicted molar refractivity (Wildman–Crippen MR) is 86.2 cm³/mol. The summed E-state index contributed by atoms with van der Waals surface area (Å²) in [6.07, 6.45) is 2.20. The van der Waals surface area contributed by atoms with Crippen LogP contribution in [-0.4, -0.2) is 111 Å². The molecular formula is C15H31N5O. The van der Waals surface area contributed by atoms with Crippen molar-refractivity contribution in [3.05, 3.63) is 11.8 Å². The van der Waals surface area contributed by atoms with Gasteiger partial charge in [0.05, 0.1) is 13.3 Å². The van der Waals surface area contributed by atoms with Gasteiger partial charge in [-0.25, -0.2) is 0 Å². The van der Waals surface area contributed by atoms with E-state index in [0.717, 1.165) is 65.6 Å². The van der Waals surface area contributed by atoms with Gasteiger partial charge in [-0.15, -0.1) is 0 Å². The van der Waals surface area contributed by atoms with Crippen LogP contribution in [0.4, 0.5) is 0 Å². The molecule has 0 saturated carbocycles. The normalized spacial score (nSPS) is 23.5. The fraction of sp³-hybridized carbons (Fsp3) is 0.867. The molecule has 21 heavy (non-hydrogen) atoms. The molecule has 2 N–H and O–H groups in total. The summed E-state index contributed by atoms with van der Waals surface area (Å²) in [6.45, 7) is 10.8. The van der Waals surface area contributed by atoms with Crippen LogP contribution in [0.3, 0.4) is 0 Å². The molecule has 0 aliphatic carbocycles. The van der Waals surface area contributed by atoms with Gasteiger partial charge < -0.3 is 10.4 Å². The lowest BCUT2D eigenvalue weighted by atomic mass is 10.2. The van der Waals surface area contributed by atoms with Crippen molar-refractivity contribution in [3.63, 3.8) is 0 Å². The van der Waals surface area contributed by atoms with Gasteiger partial charge in [0.15, 0.2) is 0 Å². The average molecular weight is 297 g/mol. The minimum Gasteiger partial charge on any atom is -0.395 e. The van der Waals surface area contributed by atoms with Crippen molar-refractivity contribution in [2.45, 2.75) is 0 Å². The highest BCUT2D eigenvalue weighted by molar-refractivity contribution is 5.07. The molecule has 122 valence electrons. The van der Waals surface area contributed by atoms with E-state index in [2.05, 4.69) is 45.2 Å². The van der Waals surface area contributed by atoms with Gasteiger partial charge >= 0.3 is 0 Å². The molecule has 0 atom stereocenters. The molecule has 0 radical (unpaired) electrons. The van der Waals surface area contributed by atoms with Gasteiger partial charge in [0, 0.05) is 58.9 Å². The molecule has 0 aromatic heterocycles. The average Bonchev–Trinajstić information content (AvgIpc) is 2.45. The second kappa shape index (κ2) is 8.70.